The molecule has 3 atom stereocenters. The summed E-state index contributed by atoms with van der Waals surface area (Å²) in [6.45, 7) is 2.27. The van der Waals surface area contributed by atoms with E-state index in [0.717, 1.165) is 22.3 Å². The number of nitrogens with one attached hydrogen (secondary N) is 1. The number of rotatable bonds is 7. The van der Waals surface area contributed by atoms with E-state index >= 15 is 0 Å². The van der Waals surface area contributed by atoms with Crippen molar-refractivity contribution in [3.8, 4) is 11.1 Å². The number of carbonyl (C=O) groups is 3. The van der Waals surface area contributed by atoms with Crippen molar-refractivity contribution < 1.29 is 29.0 Å². The van der Waals surface area contributed by atoms with Crippen LogP contribution in [0.15, 0.2) is 48.5 Å². The molecule has 1 heterocycles. The molecule has 0 bridgehead atoms. The minimum Gasteiger partial charge on any atom is -0.481 e. The Morgan fingerprint density at radius 3 is 2.29 bits per heavy atom. The van der Waals surface area contributed by atoms with Gasteiger partial charge in [0.2, 0.25) is 5.91 Å². The molecular formula is C26H30N2O6. The standard InChI is InChI=1S/C26H30N2O6/c1-16-17(25(30)31)12-7-13-28(16)24(29)23(15-33-2)27-26(32)34-14-22-20-10-5-3-8-18(20)19-9-4-6-11-21(19)22/h3-6,8-11,16-17,22-23H,7,12-15H2,1-2H3,(H,27,32)(H,30,31)/t16-,17-,23?/m0/s1. The van der Waals surface area contributed by atoms with Gasteiger partial charge >= 0.3 is 12.1 Å². The van der Waals surface area contributed by atoms with E-state index in [1.807, 2.05) is 36.4 Å². The van der Waals surface area contributed by atoms with Crippen LogP contribution in [0.1, 0.15) is 36.8 Å². The Morgan fingerprint density at radius 1 is 1.09 bits per heavy atom. The summed E-state index contributed by atoms with van der Waals surface area (Å²) in [5.41, 5.74) is 4.46. The highest BCUT2D eigenvalue weighted by Crippen LogP contribution is 2.44. The summed E-state index contributed by atoms with van der Waals surface area (Å²) >= 11 is 0. The lowest BCUT2D eigenvalue weighted by Gasteiger charge is -2.39. The SMILES string of the molecule is COCC(NC(=O)OCC1c2ccccc2-c2ccccc21)C(=O)N1CCC[C@H](C(=O)O)[C@@H]1C. The van der Waals surface area contributed by atoms with Gasteiger partial charge in [0.25, 0.3) is 0 Å². The average Bonchev–Trinajstić information content (AvgIpc) is 3.16. The molecule has 1 aliphatic heterocycles. The van der Waals surface area contributed by atoms with E-state index in [4.69, 9.17) is 9.47 Å². The summed E-state index contributed by atoms with van der Waals surface area (Å²) in [5, 5.41) is 12.1. The van der Waals surface area contributed by atoms with Crippen LogP contribution in [-0.2, 0) is 19.1 Å². The van der Waals surface area contributed by atoms with Crippen LogP contribution in [0.5, 0.6) is 0 Å². The van der Waals surface area contributed by atoms with Crippen molar-refractivity contribution in [3.05, 3.63) is 59.7 Å². The Labute approximate surface area is 198 Å². The van der Waals surface area contributed by atoms with Gasteiger partial charge in [-0.3, -0.25) is 9.59 Å². The molecule has 2 aliphatic rings. The average molecular weight is 467 g/mol. The number of hydrogen-bond donors (Lipinski definition) is 2. The number of carboxylic acid groups (broad SMARTS) is 1. The molecule has 180 valence electrons. The number of ether oxygens (including phenoxy) is 2. The summed E-state index contributed by atoms with van der Waals surface area (Å²) in [5.74, 6) is -2.00. The van der Waals surface area contributed by atoms with Gasteiger partial charge in [-0.05, 0) is 42.0 Å². The molecule has 1 saturated heterocycles. The highest BCUT2D eigenvalue weighted by molar-refractivity contribution is 5.87. The highest BCUT2D eigenvalue weighted by atomic mass is 16.5. The number of benzene rings is 2. The summed E-state index contributed by atoms with van der Waals surface area (Å²) in [4.78, 5) is 38.9. The van der Waals surface area contributed by atoms with Crippen molar-refractivity contribution in [1.29, 1.82) is 0 Å². The number of methoxy groups -OCH3 is 1. The van der Waals surface area contributed by atoms with Gasteiger partial charge in [-0.1, -0.05) is 48.5 Å². The molecule has 34 heavy (non-hydrogen) atoms. The number of piperidine rings is 1. The van der Waals surface area contributed by atoms with Crippen LogP contribution < -0.4 is 5.32 Å². The van der Waals surface area contributed by atoms with E-state index < -0.39 is 30.1 Å². The highest BCUT2D eigenvalue weighted by Gasteiger charge is 2.38. The van der Waals surface area contributed by atoms with Gasteiger partial charge in [0.15, 0.2) is 0 Å². The molecule has 0 aromatic heterocycles. The van der Waals surface area contributed by atoms with E-state index in [0.29, 0.717) is 19.4 Å². The largest absolute Gasteiger partial charge is 0.481 e. The third-order valence-corrected chi connectivity index (χ3v) is 6.86. The fraction of sp³-hybridized carbons (Fsp3) is 0.423. The summed E-state index contributed by atoms with van der Waals surface area (Å²) < 4.78 is 10.7. The lowest BCUT2D eigenvalue weighted by molar-refractivity contribution is -0.150. The predicted molar refractivity (Wildman–Crippen MR) is 125 cm³/mol. The second kappa shape index (κ2) is 10.3. The lowest BCUT2D eigenvalue weighted by atomic mass is 9.90. The van der Waals surface area contributed by atoms with Crippen LogP contribution in [0.2, 0.25) is 0 Å². The van der Waals surface area contributed by atoms with Gasteiger partial charge in [-0.2, -0.15) is 0 Å². The molecule has 8 nitrogen and oxygen atoms in total. The van der Waals surface area contributed by atoms with Gasteiger partial charge < -0.3 is 24.8 Å². The molecule has 2 N–H and O–H groups in total. The zero-order valence-corrected chi connectivity index (χ0v) is 19.4. The summed E-state index contributed by atoms with van der Waals surface area (Å²) in [6, 6.07) is 14.7. The zero-order chi connectivity index (χ0) is 24.2. The number of nitrogens with zero attached hydrogens (tertiary/aromatic N) is 1. The number of hydrogen-bond acceptors (Lipinski definition) is 5. The number of alkyl carbamates (subject to hydrolysis) is 1. The van der Waals surface area contributed by atoms with E-state index in [1.165, 1.54) is 12.0 Å². The molecule has 0 radical (unpaired) electrons. The lowest BCUT2D eigenvalue weighted by Crippen LogP contribution is -2.57. The summed E-state index contributed by atoms with van der Waals surface area (Å²) in [6.07, 6.45) is 0.406. The first-order chi connectivity index (χ1) is 16.4. The first kappa shape index (κ1) is 23.8. The van der Waals surface area contributed by atoms with Crippen LogP contribution in [0.3, 0.4) is 0 Å². The fourth-order valence-corrected chi connectivity index (χ4v) is 5.11. The van der Waals surface area contributed by atoms with Gasteiger partial charge in [-0.15, -0.1) is 0 Å². The number of fused-ring (bicyclic) bond motifs is 3. The molecule has 2 aromatic rings. The van der Waals surface area contributed by atoms with Gasteiger partial charge in [0, 0.05) is 25.6 Å². The molecule has 1 unspecified atom stereocenters. The van der Waals surface area contributed by atoms with Crippen LogP contribution in [0.25, 0.3) is 11.1 Å². The first-order valence-corrected chi connectivity index (χ1v) is 11.6. The topological polar surface area (TPSA) is 105 Å². The molecule has 1 fully saturated rings. The zero-order valence-electron chi connectivity index (χ0n) is 19.4. The van der Waals surface area contributed by atoms with Gasteiger partial charge in [0.1, 0.15) is 12.6 Å². The molecule has 2 aromatic carbocycles. The molecule has 1 aliphatic carbocycles. The number of amides is 2. The molecular weight excluding hydrogens is 436 g/mol. The minimum absolute atomic E-state index is 0.0377. The molecule has 4 rings (SSSR count). The first-order valence-electron chi connectivity index (χ1n) is 11.6. The van der Waals surface area contributed by atoms with Crippen molar-refractivity contribution in [3.63, 3.8) is 0 Å². The number of carbonyl (C=O) groups excluding carboxylic acids is 2. The third-order valence-electron chi connectivity index (χ3n) is 6.86. The minimum atomic E-state index is -0.962. The summed E-state index contributed by atoms with van der Waals surface area (Å²) in [7, 11) is 1.44. The number of carboxylic acids is 1. The second-order valence-electron chi connectivity index (χ2n) is 8.84. The maximum Gasteiger partial charge on any atom is 0.407 e. The molecule has 0 spiro atoms. The van der Waals surface area contributed by atoms with E-state index in [1.54, 1.807) is 6.92 Å². The van der Waals surface area contributed by atoms with Crippen LogP contribution in [-0.4, -0.2) is 66.9 Å². The van der Waals surface area contributed by atoms with Crippen LogP contribution in [0.4, 0.5) is 4.79 Å². The van der Waals surface area contributed by atoms with Crippen molar-refractivity contribution in [2.24, 2.45) is 5.92 Å². The quantitative estimate of drug-likeness (QED) is 0.649. The van der Waals surface area contributed by atoms with Crippen LogP contribution >= 0.6 is 0 Å². The Morgan fingerprint density at radius 2 is 1.71 bits per heavy atom. The Hall–Kier alpha value is -3.39. The van der Waals surface area contributed by atoms with E-state index in [2.05, 4.69) is 17.4 Å². The predicted octanol–water partition coefficient (Wildman–Crippen LogP) is 3.25. The fourth-order valence-electron chi connectivity index (χ4n) is 5.11. The van der Waals surface area contributed by atoms with Crippen molar-refractivity contribution >= 4 is 18.0 Å². The normalized spacial score (nSPS) is 20.2. The van der Waals surface area contributed by atoms with Crippen molar-refractivity contribution in [2.45, 2.75) is 37.8 Å². The smallest absolute Gasteiger partial charge is 0.407 e. The number of aliphatic carboxylic acids is 1. The van der Waals surface area contributed by atoms with Crippen molar-refractivity contribution in [1.82, 2.24) is 10.2 Å². The van der Waals surface area contributed by atoms with Gasteiger partial charge in [0.05, 0.1) is 12.5 Å². The maximum absolute atomic E-state index is 13.2. The number of likely N-dealkylation sites (tertiary alicyclic amines) is 1. The van der Waals surface area contributed by atoms with Crippen molar-refractivity contribution in [2.75, 3.05) is 26.9 Å². The Balaban J connectivity index is 1.42. The Bertz CT molecular complexity index is 1030. The molecule has 8 heteroatoms. The maximum atomic E-state index is 13.2. The monoisotopic (exact) mass is 466 g/mol. The van der Waals surface area contributed by atoms with E-state index in [9.17, 15) is 19.5 Å². The third kappa shape index (κ3) is 4.63. The van der Waals surface area contributed by atoms with E-state index in [-0.39, 0.29) is 25.0 Å². The second-order valence-corrected chi connectivity index (χ2v) is 8.84. The van der Waals surface area contributed by atoms with Gasteiger partial charge in [-0.25, -0.2) is 4.79 Å². The Kier molecular flexibility index (Phi) is 7.17. The molecule has 0 saturated carbocycles. The van der Waals surface area contributed by atoms with Crippen LogP contribution in [0, 0.1) is 5.92 Å². The molecule has 2 amide bonds.